The highest BCUT2D eigenvalue weighted by molar-refractivity contribution is 6.16. The van der Waals surface area contributed by atoms with Crippen molar-refractivity contribution in [3.8, 4) is 0 Å². The predicted octanol–water partition coefficient (Wildman–Crippen LogP) is 4.44. The molecule has 3 rings (SSSR count). The lowest BCUT2D eigenvalue weighted by Gasteiger charge is -2.08. The van der Waals surface area contributed by atoms with Gasteiger partial charge in [-0.05, 0) is 24.3 Å². The van der Waals surface area contributed by atoms with Gasteiger partial charge in [-0.2, -0.15) is 13.2 Å². The number of hydrogen-bond acceptors (Lipinski definition) is 2. The molecule has 0 bridgehead atoms. The lowest BCUT2D eigenvalue weighted by atomic mass is 10.2. The first-order valence-electron chi connectivity index (χ1n) is 6.12. The molecule has 0 amide bonds. The number of aromatic nitrogens is 2. The maximum Gasteiger partial charge on any atom is 0.416 e. The Balaban J connectivity index is 2.10. The van der Waals surface area contributed by atoms with Crippen LogP contribution in [0.4, 0.5) is 13.2 Å². The second-order valence-electron chi connectivity index (χ2n) is 4.58. The van der Waals surface area contributed by atoms with Crippen LogP contribution in [0.3, 0.4) is 0 Å². The van der Waals surface area contributed by atoms with Crippen LogP contribution in [0, 0.1) is 0 Å². The largest absolute Gasteiger partial charge is 0.472 e. The van der Waals surface area contributed by atoms with Crippen LogP contribution in [-0.2, 0) is 18.6 Å². The lowest BCUT2D eigenvalue weighted by Crippen LogP contribution is -2.05. The summed E-state index contributed by atoms with van der Waals surface area (Å²) in [5.41, 5.74) is 1.06. The molecule has 0 radical (unpaired) electrons. The summed E-state index contributed by atoms with van der Waals surface area (Å²) >= 11 is 5.84. The van der Waals surface area contributed by atoms with Crippen molar-refractivity contribution in [1.29, 1.82) is 0 Å². The van der Waals surface area contributed by atoms with Crippen molar-refractivity contribution in [3.63, 3.8) is 0 Å². The van der Waals surface area contributed by atoms with Crippen LogP contribution in [0.5, 0.6) is 0 Å². The van der Waals surface area contributed by atoms with E-state index >= 15 is 0 Å². The summed E-state index contributed by atoms with van der Waals surface area (Å²) in [4.78, 5) is 4.19. The van der Waals surface area contributed by atoms with Gasteiger partial charge in [0.15, 0.2) is 0 Å². The van der Waals surface area contributed by atoms with Crippen molar-refractivity contribution in [2.75, 3.05) is 0 Å². The fourth-order valence-corrected chi connectivity index (χ4v) is 2.40. The summed E-state index contributed by atoms with van der Waals surface area (Å²) in [6.07, 6.45) is -1.27. The van der Waals surface area contributed by atoms with Gasteiger partial charge < -0.3 is 8.98 Å². The molecule has 7 heteroatoms. The Kier molecular flexibility index (Phi) is 3.41. The minimum atomic E-state index is -4.39. The third kappa shape index (κ3) is 2.63. The first-order valence-corrected chi connectivity index (χ1v) is 6.66. The third-order valence-corrected chi connectivity index (χ3v) is 3.43. The number of fused-ring (bicyclic) bond motifs is 1. The van der Waals surface area contributed by atoms with Crippen molar-refractivity contribution < 1.29 is 17.6 Å². The number of furan rings is 1. The van der Waals surface area contributed by atoms with E-state index in [1.165, 1.54) is 12.3 Å². The summed E-state index contributed by atoms with van der Waals surface area (Å²) in [6, 6.07) is 5.29. The average molecular weight is 315 g/mol. The molecule has 0 saturated heterocycles. The van der Waals surface area contributed by atoms with E-state index in [2.05, 4.69) is 4.98 Å². The zero-order valence-corrected chi connectivity index (χ0v) is 11.4. The molecule has 3 nitrogen and oxygen atoms in total. The molecule has 0 spiro atoms. The first kappa shape index (κ1) is 14.0. The summed E-state index contributed by atoms with van der Waals surface area (Å²) in [6.45, 7) is 0.445. The Morgan fingerprint density at radius 2 is 2.05 bits per heavy atom. The Bertz CT molecular complexity index is 762. The number of hydrogen-bond donors (Lipinski definition) is 0. The van der Waals surface area contributed by atoms with Gasteiger partial charge in [0.05, 0.1) is 41.5 Å². The zero-order chi connectivity index (χ0) is 15.0. The zero-order valence-electron chi connectivity index (χ0n) is 10.7. The van der Waals surface area contributed by atoms with E-state index < -0.39 is 11.7 Å². The summed E-state index contributed by atoms with van der Waals surface area (Å²) in [5, 5.41) is 0. The highest BCUT2D eigenvalue weighted by Crippen LogP contribution is 2.31. The number of imidazole rings is 1. The minimum absolute atomic E-state index is 0.119. The number of nitrogens with zero attached hydrogens (tertiary/aromatic N) is 2. The van der Waals surface area contributed by atoms with Gasteiger partial charge in [-0.25, -0.2) is 4.98 Å². The van der Waals surface area contributed by atoms with Crippen LogP contribution >= 0.6 is 11.6 Å². The maximum absolute atomic E-state index is 12.7. The fourth-order valence-electron chi connectivity index (χ4n) is 2.20. The standard InChI is InChI=1S/C14H10ClF3N2O/c15-6-13-19-11-5-10(14(16,17)18)1-2-12(11)20(13)7-9-3-4-21-8-9/h1-5,8H,6-7H2. The molecule has 0 atom stereocenters. The Morgan fingerprint density at radius 1 is 1.24 bits per heavy atom. The van der Waals surface area contributed by atoms with Crippen LogP contribution < -0.4 is 0 Å². The van der Waals surface area contributed by atoms with Gasteiger partial charge in [0.1, 0.15) is 5.82 Å². The van der Waals surface area contributed by atoms with E-state index in [0.717, 1.165) is 17.7 Å². The van der Waals surface area contributed by atoms with E-state index in [-0.39, 0.29) is 11.4 Å². The van der Waals surface area contributed by atoms with E-state index in [4.69, 9.17) is 16.0 Å². The molecule has 110 valence electrons. The van der Waals surface area contributed by atoms with Crippen molar-refractivity contribution >= 4 is 22.6 Å². The number of halogens is 4. The van der Waals surface area contributed by atoms with Crippen LogP contribution in [0.2, 0.25) is 0 Å². The van der Waals surface area contributed by atoms with Crippen LogP contribution in [0.25, 0.3) is 11.0 Å². The molecule has 21 heavy (non-hydrogen) atoms. The number of rotatable bonds is 3. The van der Waals surface area contributed by atoms with Crippen molar-refractivity contribution in [2.24, 2.45) is 0 Å². The monoisotopic (exact) mass is 314 g/mol. The van der Waals surface area contributed by atoms with Crippen LogP contribution in [0.1, 0.15) is 17.0 Å². The average Bonchev–Trinajstić information content (AvgIpc) is 3.05. The molecule has 3 aromatic rings. The molecule has 0 fully saturated rings. The topological polar surface area (TPSA) is 31.0 Å². The molecule has 0 aliphatic rings. The predicted molar refractivity (Wildman–Crippen MR) is 72.1 cm³/mol. The first-order chi connectivity index (χ1) is 9.99. The van der Waals surface area contributed by atoms with Gasteiger partial charge in [-0.1, -0.05) is 0 Å². The Labute approximate surface area is 122 Å². The van der Waals surface area contributed by atoms with Crippen molar-refractivity contribution in [3.05, 3.63) is 53.7 Å². The molecular weight excluding hydrogens is 305 g/mol. The van der Waals surface area contributed by atoms with Crippen molar-refractivity contribution in [2.45, 2.75) is 18.6 Å². The number of benzene rings is 1. The van der Waals surface area contributed by atoms with Gasteiger partial charge in [0, 0.05) is 5.56 Å². The molecular formula is C14H10ClF3N2O. The van der Waals surface area contributed by atoms with Gasteiger partial charge in [-0.15, -0.1) is 11.6 Å². The maximum atomic E-state index is 12.7. The van der Waals surface area contributed by atoms with Crippen molar-refractivity contribution in [1.82, 2.24) is 9.55 Å². The molecule has 1 aromatic carbocycles. The van der Waals surface area contributed by atoms with Gasteiger partial charge in [0.2, 0.25) is 0 Å². The molecule has 0 aliphatic heterocycles. The van der Waals surface area contributed by atoms with E-state index in [9.17, 15) is 13.2 Å². The van der Waals surface area contributed by atoms with Crippen LogP contribution in [0.15, 0.2) is 41.2 Å². The normalized spacial score (nSPS) is 12.2. The van der Waals surface area contributed by atoms with Gasteiger partial charge in [-0.3, -0.25) is 0 Å². The molecule has 0 aliphatic carbocycles. The van der Waals surface area contributed by atoms with E-state index in [0.29, 0.717) is 17.9 Å². The summed E-state index contributed by atoms with van der Waals surface area (Å²) in [5.74, 6) is 0.639. The van der Waals surface area contributed by atoms with Crippen LogP contribution in [-0.4, -0.2) is 9.55 Å². The summed E-state index contributed by atoms with van der Waals surface area (Å²) < 4.78 is 45.0. The molecule has 2 aromatic heterocycles. The fraction of sp³-hybridized carbons (Fsp3) is 0.214. The van der Waals surface area contributed by atoms with E-state index in [1.54, 1.807) is 16.9 Å². The molecule has 0 unspecified atom stereocenters. The third-order valence-electron chi connectivity index (χ3n) is 3.19. The van der Waals surface area contributed by atoms with E-state index in [1.807, 2.05) is 0 Å². The molecule has 2 heterocycles. The second-order valence-corrected chi connectivity index (χ2v) is 4.85. The van der Waals surface area contributed by atoms with Gasteiger partial charge in [0.25, 0.3) is 0 Å². The quantitative estimate of drug-likeness (QED) is 0.669. The highest BCUT2D eigenvalue weighted by atomic mass is 35.5. The Hall–Kier alpha value is -1.95. The smallest absolute Gasteiger partial charge is 0.416 e. The Morgan fingerprint density at radius 3 is 2.67 bits per heavy atom. The molecule has 0 saturated carbocycles. The SMILES string of the molecule is FC(F)(F)c1ccc2c(c1)nc(CCl)n2Cc1ccoc1. The second kappa shape index (κ2) is 5.11. The minimum Gasteiger partial charge on any atom is -0.472 e. The van der Waals surface area contributed by atoms with Gasteiger partial charge >= 0.3 is 6.18 Å². The molecule has 0 N–H and O–H groups in total. The summed E-state index contributed by atoms with van der Waals surface area (Å²) in [7, 11) is 0. The number of alkyl halides is 4. The lowest BCUT2D eigenvalue weighted by molar-refractivity contribution is -0.137. The highest BCUT2D eigenvalue weighted by Gasteiger charge is 2.31.